The number of aliphatic imine (C=N–C) groups is 1. The molecule has 0 aliphatic carbocycles. The zero-order valence-electron chi connectivity index (χ0n) is 24.1. The molecule has 7 heteroatoms. The Kier molecular flexibility index (Phi) is 12.1. The molecule has 0 spiro atoms. The summed E-state index contributed by atoms with van der Waals surface area (Å²) in [5.74, 6) is 1.91. The largest absolute Gasteiger partial charge is 0.489 e. The highest BCUT2D eigenvalue weighted by molar-refractivity contribution is 5.82. The van der Waals surface area contributed by atoms with Gasteiger partial charge in [-0.2, -0.15) is 0 Å². The Balaban J connectivity index is 0.00000183. The standard InChI is InChI=1S/C31H43N5O.CH2O.H2/c1-5-32-31-16-10-15-30-27(22-33-31)24-36(20-19-35(30)4)28-13-9-14-29(21-28)37-25(2)23-34(3)18-17-26-11-7-6-8-12-26;1-2;/h6-9,11-14,16,21-22,25,32H,5,10,15,17-20,23-24H2,1-4H3;1H2;1H/b31-16+,33-22-;;. The van der Waals surface area contributed by atoms with Gasteiger partial charge in [0.05, 0.1) is 0 Å². The van der Waals surface area contributed by atoms with E-state index in [-0.39, 0.29) is 7.53 Å². The minimum absolute atomic E-state index is 0. The maximum absolute atomic E-state index is 8.00. The molecule has 1 N–H and O–H groups in total. The molecule has 2 aromatic carbocycles. The summed E-state index contributed by atoms with van der Waals surface area (Å²) < 4.78 is 6.37. The second-order valence-corrected chi connectivity index (χ2v) is 10.2. The average Bonchev–Trinajstić information content (AvgIpc) is 3.09. The highest BCUT2D eigenvalue weighted by Gasteiger charge is 2.21. The monoisotopic (exact) mass is 533 g/mol. The molecular formula is C32H47N5O2. The fourth-order valence-electron chi connectivity index (χ4n) is 5.08. The molecular weight excluding hydrogens is 486 g/mol. The van der Waals surface area contributed by atoms with Gasteiger partial charge >= 0.3 is 0 Å². The van der Waals surface area contributed by atoms with Gasteiger partial charge in [-0.15, -0.1) is 0 Å². The summed E-state index contributed by atoms with van der Waals surface area (Å²) in [5, 5.41) is 3.37. The van der Waals surface area contributed by atoms with Gasteiger partial charge in [-0.3, -0.25) is 0 Å². The summed E-state index contributed by atoms with van der Waals surface area (Å²) in [6.07, 6.45) is 7.47. The van der Waals surface area contributed by atoms with E-state index in [2.05, 4.69) is 115 Å². The first-order chi connectivity index (χ1) is 19.0. The average molecular weight is 534 g/mol. The van der Waals surface area contributed by atoms with Crippen molar-refractivity contribution in [2.24, 2.45) is 4.99 Å². The van der Waals surface area contributed by atoms with Crippen molar-refractivity contribution in [3.63, 3.8) is 0 Å². The summed E-state index contributed by atoms with van der Waals surface area (Å²) in [5.41, 5.74) is 5.27. The van der Waals surface area contributed by atoms with Crippen LogP contribution in [0.3, 0.4) is 0 Å². The molecule has 0 saturated heterocycles. The highest BCUT2D eigenvalue weighted by atomic mass is 16.5. The molecule has 39 heavy (non-hydrogen) atoms. The number of hydrogen-bond acceptors (Lipinski definition) is 7. The molecule has 1 atom stereocenters. The number of rotatable bonds is 10. The number of anilines is 1. The van der Waals surface area contributed by atoms with Crippen LogP contribution >= 0.6 is 0 Å². The van der Waals surface area contributed by atoms with Crippen LogP contribution in [-0.4, -0.2) is 82.3 Å². The summed E-state index contributed by atoms with van der Waals surface area (Å²) in [6.45, 7) is 11.9. The van der Waals surface area contributed by atoms with Crippen LogP contribution in [0.4, 0.5) is 5.69 Å². The molecule has 0 amide bonds. The van der Waals surface area contributed by atoms with Gasteiger partial charge in [-0.05, 0) is 63.9 Å². The predicted molar refractivity (Wildman–Crippen MR) is 165 cm³/mol. The number of carbonyl (C=O) groups is 1. The van der Waals surface area contributed by atoms with Crippen molar-refractivity contribution in [1.29, 1.82) is 0 Å². The molecule has 2 aliphatic rings. The van der Waals surface area contributed by atoms with E-state index in [0.717, 1.165) is 70.1 Å². The molecule has 0 fully saturated rings. The normalized spacial score (nSPS) is 18.4. The van der Waals surface area contributed by atoms with Crippen molar-refractivity contribution < 1.29 is 11.0 Å². The topological polar surface area (TPSA) is 60.4 Å². The highest BCUT2D eigenvalue weighted by Crippen LogP contribution is 2.27. The van der Waals surface area contributed by atoms with E-state index in [1.165, 1.54) is 22.5 Å². The van der Waals surface area contributed by atoms with Gasteiger partial charge in [0.25, 0.3) is 0 Å². The van der Waals surface area contributed by atoms with Gasteiger partial charge in [-0.25, -0.2) is 4.99 Å². The van der Waals surface area contributed by atoms with Crippen molar-refractivity contribution in [2.75, 3.05) is 58.3 Å². The fourth-order valence-corrected chi connectivity index (χ4v) is 5.08. The number of nitrogens with one attached hydrogen (secondary N) is 1. The van der Waals surface area contributed by atoms with Gasteiger partial charge in [0.1, 0.15) is 24.5 Å². The van der Waals surface area contributed by atoms with E-state index in [9.17, 15) is 0 Å². The number of allylic oxidation sites excluding steroid dienone is 2. The molecule has 0 bridgehead atoms. The third kappa shape index (κ3) is 9.29. The minimum Gasteiger partial charge on any atom is -0.489 e. The Morgan fingerprint density at radius 1 is 1.15 bits per heavy atom. The molecule has 2 aromatic rings. The lowest BCUT2D eigenvalue weighted by Gasteiger charge is -2.26. The van der Waals surface area contributed by atoms with Crippen LogP contribution in [0, 0.1) is 0 Å². The van der Waals surface area contributed by atoms with E-state index < -0.39 is 0 Å². The molecule has 2 heterocycles. The van der Waals surface area contributed by atoms with Crippen LogP contribution < -0.4 is 15.0 Å². The van der Waals surface area contributed by atoms with Crippen molar-refractivity contribution in [2.45, 2.75) is 39.2 Å². The number of likely N-dealkylation sites (N-methyl/N-ethyl adjacent to an activating group) is 2. The van der Waals surface area contributed by atoms with Gasteiger partial charge < -0.3 is 29.5 Å². The van der Waals surface area contributed by atoms with Crippen molar-refractivity contribution >= 4 is 18.7 Å². The lowest BCUT2D eigenvalue weighted by Crippen LogP contribution is -2.32. The molecule has 7 nitrogen and oxygen atoms in total. The zero-order chi connectivity index (χ0) is 28.0. The first kappa shape index (κ1) is 30.0. The maximum atomic E-state index is 8.00. The van der Waals surface area contributed by atoms with Crippen molar-refractivity contribution in [3.8, 4) is 5.75 Å². The first-order valence-electron chi connectivity index (χ1n) is 14.0. The quantitative estimate of drug-likeness (QED) is 0.463. The van der Waals surface area contributed by atoms with Crippen LogP contribution in [0.25, 0.3) is 0 Å². The molecule has 0 aromatic heterocycles. The van der Waals surface area contributed by atoms with Crippen LogP contribution in [-0.2, 0) is 11.2 Å². The van der Waals surface area contributed by atoms with Gasteiger partial charge in [0.2, 0.25) is 0 Å². The second-order valence-electron chi connectivity index (χ2n) is 10.2. The lowest BCUT2D eigenvalue weighted by atomic mass is 10.1. The van der Waals surface area contributed by atoms with Crippen molar-refractivity contribution in [1.82, 2.24) is 15.1 Å². The van der Waals surface area contributed by atoms with E-state index in [4.69, 9.17) is 14.5 Å². The minimum atomic E-state index is 0. The smallest absolute Gasteiger partial charge is 0.121 e. The Hall–Kier alpha value is -3.58. The maximum Gasteiger partial charge on any atom is 0.121 e. The molecule has 2 aliphatic heterocycles. The number of ether oxygens (including phenoxy) is 1. The van der Waals surface area contributed by atoms with Gasteiger partial charge in [0, 0.05) is 77.0 Å². The first-order valence-corrected chi connectivity index (χ1v) is 14.0. The molecule has 1 unspecified atom stereocenters. The van der Waals surface area contributed by atoms with Crippen molar-refractivity contribution in [3.05, 3.63) is 83.3 Å². The predicted octanol–water partition coefficient (Wildman–Crippen LogP) is 5.01. The van der Waals surface area contributed by atoms with Gasteiger partial charge in [0.15, 0.2) is 0 Å². The Morgan fingerprint density at radius 2 is 1.95 bits per heavy atom. The van der Waals surface area contributed by atoms with Crippen LogP contribution in [0.5, 0.6) is 5.75 Å². The SMILES string of the molecule is C=O.CCNC1=C\CCC2=C(/C=N\1)CN(c1cccc(OC(C)CN(C)CCc3ccccc3)c1)CCN2C.[HH]. The number of nitrogens with zero attached hydrogens (tertiary/aromatic N) is 4. The van der Waals surface area contributed by atoms with E-state index in [1.807, 2.05) is 6.79 Å². The van der Waals surface area contributed by atoms with Gasteiger partial charge in [-0.1, -0.05) is 36.4 Å². The van der Waals surface area contributed by atoms with E-state index >= 15 is 0 Å². The number of benzene rings is 2. The summed E-state index contributed by atoms with van der Waals surface area (Å²) in [7, 11) is 4.38. The Morgan fingerprint density at radius 3 is 2.72 bits per heavy atom. The van der Waals surface area contributed by atoms with Crippen LogP contribution in [0.1, 0.15) is 33.7 Å². The number of hydrogen-bond donors (Lipinski definition) is 1. The second kappa shape index (κ2) is 15.7. The summed E-state index contributed by atoms with van der Waals surface area (Å²) in [4.78, 5) is 20.0. The number of carbonyl (C=O) groups excluding carboxylic acids is 1. The molecule has 212 valence electrons. The van der Waals surface area contributed by atoms with Crippen LogP contribution in [0.15, 0.2) is 82.8 Å². The lowest BCUT2D eigenvalue weighted by molar-refractivity contribution is -0.0980. The molecule has 0 radical (unpaired) electrons. The third-order valence-electron chi connectivity index (χ3n) is 7.05. The summed E-state index contributed by atoms with van der Waals surface area (Å²) >= 11 is 0. The van der Waals surface area contributed by atoms with E-state index in [1.54, 1.807) is 0 Å². The Bertz CT molecular complexity index is 1120. The molecule has 0 saturated carbocycles. The Labute approximate surface area is 236 Å². The van der Waals surface area contributed by atoms with E-state index in [0.29, 0.717) is 0 Å². The third-order valence-corrected chi connectivity index (χ3v) is 7.05. The summed E-state index contributed by atoms with van der Waals surface area (Å²) in [6, 6.07) is 19.2. The van der Waals surface area contributed by atoms with Crippen LogP contribution in [0.2, 0.25) is 0 Å². The zero-order valence-corrected chi connectivity index (χ0v) is 24.1. The molecule has 4 rings (SSSR count). The fraction of sp³-hybridized carbons (Fsp3) is 0.438.